The van der Waals surface area contributed by atoms with Crippen LogP contribution < -0.4 is 5.32 Å². The number of amides is 1. The lowest BCUT2D eigenvalue weighted by Gasteiger charge is -2.15. The van der Waals surface area contributed by atoms with Crippen molar-refractivity contribution >= 4 is 21.4 Å². The second-order valence-corrected chi connectivity index (χ2v) is 8.92. The van der Waals surface area contributed by atoms with Gasteiger partial charge in [-0.2, -0.15) is 13.2 Å². The number of benzene rings is 2. The normalized spacial score (nSPS) is 12.1. The molecule has 9 heteroatoms. The Morgan fingerprint density at radius 3 is 2.20 bits per heavy atom. The Kier molecular flexibility index (Phi) is 5.51. The third-order valence-electron chi connectivity index (χ3n) is 4.75. The van der Waals surface area contributed by atoms with E-state index in [1.54, 1.807) is 14.0 Å². The fraction of sp³-hybridized carbons (Fsp3) is 0.190. The number of sulfone groups is 1. The van der Waals surface area contributed by atoms with E-state index in [-0.39, 0.29) is 21.7 Å². The Hall–Kier alpha value is -3.07. The smallest absolute Gasteiger partial charge is 0.347 e. The molecular formula is C21H19F3N2O3S. The SMILES string of the molecule is Cc1cc(C(=O)Nc2ccc(S(C)(=O)=O)cc2)c(-c2ccccc2C(F)(F)F)n1C. The van der Waals surface area contributed by atoms with Crippen molar-refractivity contribution < 1.29 is 26.4 Å². The highest BCUT2D eigenvalue weighted by Crippen LogP contribution is 2.39. The molecule has 0 aliphatic heterocycles. The number of hydrogen-bond donors (Lipinski definition) is 1. The average molecular weight is 436 g/mol. The standard InChI is InChI=1S/C21H19F3N2O3S/c1-13-12-17(20(27)25-14-8-10-15(11-9-14)30(3,28)29)19(26(13)2)16-6-4-5-7-18(16)21(22,23)24/h4-12H,1-3H3,(H,25,27). The molecule has 30 heavy (non-hydrogen) atoms. The summed E-state index contributed by atoms with van der Waals surface area (Å²) in [6, 6.07) is 12.1. The monoisotopic (exact) mass is 436 g/mol. The van der Waals surface area contributed by atoms with Gasteiger partial charge in [0.25, 0.3) is 5.91 Å². The van der Waals surface area contributed by atoms with E-state index in [0.29, 0.717) is 11.4 Å². The minimum atomic E-state index is -4.58. The number of aromatic nitrogens is 1. The number of halogens is 3. The molecule has 1 amide bonds. The summed E-state index contributed by atoms with van der Waals surface area (Å²) in [5, 5.41) is 2.62. The van der Waals surface area contributed by atoms with Crippen molar-refractivity contribution in [3.8, 4) is 11.3 Å². The quantitative estimate of drug-likeness (QED) is 0.646. The minimum absolute atomic E-state index is 0.0823. The van der Waals surface area contributed by atoms with Crippen molar-refractivity contribution in [2.75, 3.05) is 11.6 Å². The summed E-state index contributed by atoms with van der Waals surface area (Å²) in [7, 11) is -1.79. The van der Waals surface area contributed by atoms with Gasteiger partial charge in [0, 0.05) is 30.2 Å². The van der Waals surface area contributed by atoms with E-state index >= 15 is 0 Å². The second kappa shape index (κ2) is 7.64. The van der Waals surface area contributed by atoms with Gasteiger partial charge in [-0.1, -0.05) is 18.2 Å². The highest BCUT2D eigenvalue weighted by Gasteiger charge is 2.35. The van der Waals surface area contributed by atoms with E-state index in [1.807, 2.05) is 0 Å². The summed E-state index contributed by atoms with van der Waals surface area (Å²) < 4.78 is 65.2. The largest absolute Gasteiger partial charge is 0.417 e. The molecule has 0 spiro atoms. The van der Waals surface area contributed by atoms with Crippen LogP contribution >= 0.6 is 0 Å². The molecular weight excluding hydrogens is 417 g/mol. The molecule has 158 valence electrons. The van der Waals surface area contributed by atoms with Crippen molar-refractivity contribution in [3.63, 3.8) is 0 Å². The van der Waals surface area contributed by atoms with Gasteiger partial charge in [0.05, 0.1) is 21.7 Å². The minimum Gasteiger partial charge on any atom is -0.347 e. The first kappa shape index (κ1) is 21.6. The molecule has 3 rings (SSSR count). The van der Waals surface area contributed by atoms with Crippen molar-refractivity contribution in [3.05, 3.63) is 71.4 Å². The Morgan fingerprint density at radius 1 is 1.03 bits per heavy atom. The zero-order chi connectivity index (χ0) is 22.3. The van der Waals surface area contributed by atoms with E-state index in [4.69, 9.17) is 0 Å². The van der Waals surface area contributed by atoms with Crippen LogP contribution in [0.5, 0.6) is 0 Å². The first-order valence-corrected chi connectivity index (χ1v) is 10.7. The van der Waals surface area contributed by atoms with Crippen LogP contribution in [0.4, 0.5) is 18.9 Å². The maximum Gasteiger partial charge on any atom is 0.417 e. The van der Waals surface area contributed by atoms with Crippen molar-refractivity contribution in [1.82, 2.24) is 4.57 Å². The predicted octanol–water partition coefficient (Wildman–Crippen LogP) is 4.68. The van der Waals surface area contributed by atoms with Gasteiger partial charge in [-0.15, -0.1) is 0 Å². The number of carbonyl (C=O) groups is 1. The predicted molar refractivity (Wildman–Crippen MR) is 108 cm³/mol. The van der Waals surface area contributed by atoms with Gasteiger partial charge < -0.3 is 9.88 Å². The van der Waals surface area contributed by atoms with Crippen molar-refractivity contribution in [1.29, 1.82) is 0 Å². The van der Waals surface area contributed by atoms with Crippen LogP contribution in [0.3, 0.4) is 0 Å². The summed E-state index contributed by atoms with van der Waals surface area (Å²) in [4.78, 5) is 13.0. The van der Waals surface area contributed by atoms with Crippen LogP contribution in [-0.2, 0) is 23.1 Å². The first-order valence-electron chi connectivity index (χ1n) is 8.84. The first-order chi connectivity index (χ1) is 13.9. The molecule has 0 bridgehead atoms. The number of carbonyl (C=O) groups excluding carboxylic acids is 1. The molecule has 1 aromatic heterocycles. The topological polar surface area (TPSA) is 68.2 Å². The van der Waals surface area contributed by atoms with Gasteiger partial charge in [-0.05, 0) is 43.3 Å². The van der Waals surface area contributed by atoms with E-state index in [1.165, 1.54) is 53.1 Å². The van der Waals surface area contributed by atoms with Crippen LogP contribution in [0.25, 0.3) is 11.3 Å². The zero-order valence-electron chi connectivity index (χ0n) is 16.4. The number of nitrogens with zero attached hydrogens (tertiary/aromatic N) is 1. The number of aryl methyl sites for hydroxylation is 1. The number of hydrogen-bond acceptors (Lipinski definition) is 3. The van der Waals surface area contributed by atoms with E-state index in [2.05, 4.69) is 5.32 Å². The van der Waals surface area contributed by atoms with Gasteiger partial charge in [0.2, 0.25) is 0 Å². The number of nitrogens with one attached hydrogen (secondary N) is 1. The molecule has 5 nitrogen and oxygen atoms in total. The van der Waals surface area contributed by atoms with E-state index in [0.717, 1.165) is 12.3 Å². The third-order valence-corrected chi connectivity index (χ3v) is 5.87. The van der Waals surface area contributed by atoms with Crippen LogP contribution in [0.1, 0.15) is 21.6 Å². The van der Waals surface area contributed by atoms with Crippen molar-refractivity contribution in [2.24, 2.45) is 7.05 Å². The molecule has 3 aromatic rings. The third kappa shape index (κ3) is 4.25. The zero-order valence-corrected chi connectivity index (χ0v) is 17.2. The molecule has 0 atom stereocenters. The Morgan fingerprint density at radius 2 is 1.63 bits per heavy atom. The molecule has 0 saturated heterocycles. The molecule has 0 aliphatic rings. The van der Waals surface area contributed by atoms with Crippen LogP contribution in [-0.4, -0.2) is 25.1 Å². The Labute approximate surface area is 172 Å². The lowest BCUT2D eigenvalue weighted by Crippen LogP contribution is -2.14. The van der Waals surface area contributed by atoms with Gasteiger partial charge in [0.15, 0.2) is 9.84 Å². The lowest BCUT2D eigenvalue weighted by atomic mass is 10.0. The number of anilines is 1. The maximum atomic E-state index is 13.5. The molecule has 0 saturated carbocycles. The van der Waals surface area contributed by atoms with Crippen LogP contribution in [0.2, 0.25) is 0 Å². The highest BCUT2D eigenvalue weighted by molar-refractivity contribution is 7.90. The summed E-state index contributed by atoms with van der Waals surface area (Å²) in [5.74, 6) is -0.599. The van der Waals surface area contributed by atoms with E-state index in [9.17, 15) is 26.4 Å². The second-order valence-electron chi connectivity index (χ2n) is 6.90. The van der Waals surface area contributed by atoms with Gasteiger partial charge >= 0.3 is 6.18 Å². The molecule has 0 aliphatic carbocycles. The van der Waals surface area contributed by atoms with E-state index < -0.39 is 27.5 Å². The molecule has 0 unspecified atom stereocenters. The molecule has 0 radical (unpaired) electrons. The summed E-state index contributed by atoms with van der Waals surface area (Å²) in [6.07, 6.45) is -3.51. The lowest BCUT2D eigenvalue weighted by molar-refractivity contribution is -0.137. The fourth-order valence-electron chi connectivity index (χ4n) is 3.15. The summed E-state index contributed by atoms with van der Waals surface area (Å²) in [6.45, 7) is 1.69. The molecule has 0 fully saturated rings. The van der Waals surface area contributed by atoms with Gasteiger partial charge in [-0.25, -0.2) is 8.42 Å². The maximum absolute atomic E-state index is 13.5. The highest BCUT2D eigenvalue weighted by atomic mass is 32.2. The summed E-state index contributed by atoms with van der Waals surface area (Å²) >= 11 is 0. The van der Waals surface area contributed by atoms with Crippen LogP contribution in [0.15, 0.2) is 59.5 Å². The van der Waals surface area contributed by atoms with Crippen LogP contribution in [0, 0.1) is 6.92 Å². The number of alkyl halides is 3. The fourth-order valence-corrected chi connectivity index (χ4v) is 3.78. The van der Waals surface area contributed by atoms with Crippen molar-refractivity contribution in [2.45, 2.75) is 18.0 Å². The number of rotatable bonds is 4. The molecule has 2 aromatic carbocycles. The van der Waals surface area contributed by atoms with Gasteiger partial charge in [-0.3, -0.25) is 4.79 Å². The Balaban J connectivity index is 2.03. The Bertz CT molecular complexity index is 1210. The molecule has 1 N–H and O–H groups in total. The summed E-state index contributed by atoms with van der Waals surface area (Å²) in [5.41, 5.74) is 0.226. The van der Waals surface area contributed by atoms with Gasteiger partial charge in [0.1, 0.15) is 0 Å². The molecule has 1 heterocycles. The average Bonchev–Trinajstić information content (AvgIpc) is 2.95.